The van der Waals surface area contributed by atoms with E-state index >= 15 is 0 Å². The molecule has 2 rings (SSSR count). The van der Waals surface area contributed by atoms with E-state index in [0.29, 0.717) is 0 Å². The maximum absolute atomic E-state index is 4.47. The summed E-state index contributed by atoms with van der Waals surface area (Å²) in [7, 11) is 0. The van der Waals surface area contributed by atoms with E-state index in [1.54, 1.807) is 0 Å². The number of hydrogen-bond donors (Lipinski definition) is 0. The average molecular weight is 158 g/mol. The summed E-state index contributed by atoms with van der Waals surface area (Å²) in [5, 5.41) is 0. The summed E-state index contributed by atoms with van der Waals surface area (Å²) in [6, 6.07) is 0. The van der Waals surface area contributed by atoms with Gasteiger partial charge in [-0.2, -0.15) is 0 Å². The van der Waals surface area contributed by atoms with Crippen molar-refractivity contribution in [1.29, 1.82) is 0 Å². The van der Waals surface area contributed by atoms with Gasteiger partial charge in [-0.15, -0.1) is 0 Å². The summed E-state index contributed by atoms with van der Waals surface area (Å²) in [5.41, 5.74) is 4.72. The smallest absolute Gasteiger partial charge is 0.0715 e. The third-order valence-electron chi connectivity index (χ3n) is 2.15. The van der Waals surface area contributed by atoms with Crippen molar-refractivity contribution in [2.24, 2.45) is 4.99 Å². The van der Waals surface area contributed by atoms with Crippen LogP contribution in [-0.4, -0.2) is 5.71 Å². The third kappa shape index (κ3) is 1.06. The molecule has 1 heterocycles. The third-order valence-corrected chi connectivity index (χ3v) is 2.15. The van der Waals surface area contributed by atoms with Gasteiger partial charge in [0.15, 0.2) is 0 Å². The summed E-state index contributed by atoms with van der Waals surface area (Å²) in [6.45, 7) is 4.27. The Morgan fingerprint density at radius 1 is 1.42 bits per heavy atom. The highest BCUT2D eigenvalue weighted by Gasteiger charge is 2.17. The number of fused-ring (bicyclic) bond motifs is 1. The number of nitrogens with zero attached hydrogens (tertiary/aromatic N) is 1. The molecule has 0 N–H and O–H groups in total. The van der Waals surface area contributed by atoms with Crippen molar-refractivity contribution >= 4 is 5.71 Å². The minimum Gasteiger partial charge on any atom is -0.252 e. The van der Waals surface area contributed by atoms with Gasteiger partial charge < -0.3 is 0 Å². The van der Waals surface area contributed by atoms with Crippen molar-refractivity contribution in [3.05, 3.63) is 35.1 Å². The zero-order valence-corrected chi connectivity index (χ0v) is 7.52. The molecule has 0 fully saturated rings. The van der Waals surface area contributed by atoms with Gasteiger partial charge in [0.2, 0.25) is 0 Å². The molecule has 61 valence electrons. The Morgan fingerprint density at radius 3 is 2.92 bits per heavy atom. The second kappa shape index (κ2) is 2.74. The molecule has 0 spiro atoms. The van der Waals surface area contributed by atoms with Crippen LogP contribution >= 0.6 is 0 Å². The molecule has 0 saturated heterocycles. The lowest BCUT2D eigenvalue weighted by atomic mass is 10.1. The van der Waals surface area contributed by atoms with Crippen LogP contribution in [0.2, 0.25) is 0 Å². The predicted molar refractivity (Wildman–Crippen MR) is 50.9 cm³/mol. The zero-order valence-electron chi connectivity index (χ0n) is 7.52. The Hall–Kier alpha value is -1.11. The first kappa shape index (κ1) is 7.53. The van der Waals surface area contributed by atoms with E-state index in [9.17, 15) is 0 Å². The molecule has 1 radical (unpaired) electrons. The van der Waals surface area contributed by atoms with Gasteiger partial charge >= 0.3 is 0 Å². The molecule has 12 heavy (non-hydrogen) atoms. The van der Waals surface area contributed by atoms with Crippen molar-refractivity contribution < 1.29 is 0 Å². The molecular weight excluding hydrogens is 146 g/mol. The molecule has 0 unspecified atom stereocenters. The van der Waals surface area contributed by atoms with E-state index in [0.717, 1.165) is 24.3 Å². The number of allylic oxidation sites excluding steroid dienone is 6. The quantitative estimate of drug-likeness (QED) is 0.586. The van der Waals surface area contributed by atoms with Gasteiger partial charge in [0.05, 0.1) is 5.71 Å². The summed E-state index contributed by atoms with van der Waals surface area (Å²) in [6.07, 6.45) is 9.70. The van der Waals surface area contributed by atoms with Crippen molar-refractivity contribution in [3.8, 4) is 0 Å². The van der Waals surface area contributed by atoms with Crippen molar-refractivity contribution in [3.63, 3.8) is 0 Å². The number of rotatable bonds is 2. The predicted octanol–water partition coefficient (Wildman–Crippen LogP) is 2.81. The van der Waals surface area contributed by atoms with E-state index in [-0.39, 0.29) is 0 Å². The minimum absolute atomic E-state index is 1.05. The highest BCUT2D eigenvalue weighted by molar-refractivity contribution is 6.15. The topological polar surface area (TPSA) is 12.4 Å². The molecule has 0 bridgehead atoms. The molecule has 2 aliphatic rings. The molecule has 0 aromatic carbocycles. The van der Waals surface area contributed by atoms with Crippen molar-refractivity contribution in [1.82, 2.24) is 0 Å². The highest BCUT2D eigenvalue weighted by atomic mass is 14.8. The fourth-order valence-corrected chi connectivity index (χ4v) is 1.50. The van der Waals surface area contributed by atoms with Gasteiger partial charge in [0, 0.05) is 17.3 Å². The first-order valence-corrected chi connectivity index (χ1v) is 4.42. The summed E-state index contributed by atoms with van der Waals surface area (Å²) >= 11 is 0. The van der Waals surface area contributed by atoms with E-state index in [1.807, 2.05) is 0 Å². The Morgan fingerprint density at radius 2 is 2.25 bits per heavy atom. The molecule has 1 aliphatic carbocycles. The Balaban J connectivity index is 2.28. The van der Waals surface area contributed by atoms with Gasteiger partial charge in [-0.3, -0.25) is 4.99 Å². The van der Waals surface area contributed by atoms with E-state index in [4.69, 9.17) is 0 Å². The lowest BCUT2D eigenvalue weighted by Gasteiger charge is -1.90. The van der Waals surface area contributed by atoms with Crippen molar-refractivity contribution in [2.45, 2.75) is 26.7 Å². The maximum Gasteiger partial charge on any atom is 0.0715 e. The standard InChI is InChI=1S/C11H12N/c1-3-4-9-7-10-8(2)5-6-11(10)12-9/h5-6H,3-4H2,1-2H3. The van der Waals surface area contributed by atoms with E-state index in [2.05, 4.69) is 37.1 Å². The van der Waals surface area contributed by atoms with E-state index in [1.165, 1.54) is 11.1 Å². The molecule has 0 aromatic rings. The second-order valence-electron chi connectivity index (χ2n) is 3.21. The molecule has 1 heteroatoms. The number of hydrogen-bond acceptors (Lipinski definition) is 1. The molecule has 0 aromatic heterocycles. The average Bonchev–Trinajstić information content (AvgIpc) is 2.55. The highest BCUT2D eigenvalue weighted by Crippen LogP contribution is 2.26. The van der Waals surface area contributed by atoms with Crippen LogP contribution in [0.1, 0.15) is 26.7 Å². The summed E-state index contributed by atoms with van der Waals surface area (Å²) < 4.78 is 0. The summed E-state index contributed by atoms with van der Waals surface area (Å²) in [4.78, 5) is 4.47. The Labute approximate surface area is 73.2 Å². The molecule has 0 amide bonds. The molecule has 1 aliphatic heterocycles. The van der Waals surface area contributed by atoms with Crippen LogP contribution in [0, 0.1) is 6.08 Å². The minimum atomic E-state index is 1.05. The van der Waals surface area contributed by atoms with Crippen LogP contribution in [0.4, 0.5) is 0 Å². The Kier molecular flexibility index (Phi) is 1.72. The second-order valence-corrected chi connectivity index (χ2v) is 3.21. The fraction of sp³-hybridized carbons (Fsp3) is 0.364. The van der Waals surface area contributed by atoms with Crippen LogP contribution < -0.4 is 0 Å². The van der Waals surface area contributed by atoms with Gasteiger partial charge in [0.25, 0.3) is 0 Å². The first-order chi connectivity index (χ1) is 5.81. The maximum atomic E-state index is 4.47. The van der Waals surface area contributed by atoms with Crippen LogP contribution in [0.15, 0.2) is 34.0 Å². The van der Waals surface area contributed by atoms with Crippen LogP contribution in [0.5, 0.6) is 0 Å². The fourth-order valence-electron chi connectivity index (χ4n) is 1.50. The van der Waals surface area contributed by atoms with E-state index < -0.39 is 0 Å². The normalized spacial score (nSPS) is 19.8. The molecule has 0 atom stereocenters. The largest absolute Gasteiger partial charge is 0.252 e. The summed E-state index contributed by atoms with van der Waals surface area (Å²) in [5.74, 6) is 0. The lowest BCUT2D eigenvalue weighted by Crippen LogP contribution is -1.87. The molecule has 0 saturated carbocycles. The SMILES string of the molecule is CCCC1=[C]C2=C(C)C=CC2=N1. The van der Waals surface area contributed by atoms with Crippen LogP contribution in [0.25, 0.3) is 0 Å². The zero-order chi connectivity index (χ0) is 8.55. The first-order valence-electron chi connectivity index (χ1n) is 4.42. The van der Waals surface area contributed by atoms with Gasteiger partial charge in [-0.1, -0.05) is 19.4 Å². The van der Waals surface area contributed by atoms with Crippen LogP contribution in [0.3, 0.4) is 0 Å². The van der Waals surface area contributed by atoms with Crippen molar-refractivity contribution in [2.75, 3.05) is 0 Å². The number of aliphatic imine (C=N–C) groups is 1. The monoisotopic (exact) mass is 158 g/mol. The molecular formula is C11H12N. The van der Waals surface area contributed by atoms with Gasteiger partial charge in [-0.05, 0) is 25.0 Å². The van der Waals surface area contributed by atoms with Gasteiger partial charge in [-0.25, -0.2) is 0 Å². The van der Waals surface area contributed by atoms with Gasteiger partial charge in [0.1, 0.15) is 0 Å². The van der Waals surface area contributed by atoms with Crippen LogP contribution in [-0.2, 0) is 0 Å². The lowest BCUT2D eigenvalue weighted by molar-refractivity contribution is 0.894. The Bertz CT molecular complexity index is 327. The molecule has 1 nitrogen and oxygen atoms in total.